The minimum absolute atomic E-state index is 0.318. The lowest BCUT2D eigenvalue weighted by Crippen LogP contribution is -2.37. The number of aryl methyl sites for hydroxylation is 1. The Kier molecular flexibility index (Phi) is 7.71. The van der Waals surface area contributed by atoms with Gasteiger partial charge in [0, 0.05) is 35.8 Å². The fourth-order valence-electron chi connectivity index (χ4n) is 6.19. The Balaban J connectivity index is 1.44. The maximum atomic E-state index is 2.65. The Bertz CT molecular complexity index is 1360. The molecule has 3 heterocycles. The first-order valence-corrected chi connectivity index (χ1v) is 15.3. The van der Waals surface area contributed by atoms with Gasteiger partial charge in [-0.25, -0.2) is 0 Å². The molecule has 39 heavy (non-hydrogen) atoms. The van der Waals surface area contributed by atoms with Crippen molar-refractivity contribution in [1.29, 1.82) is 0 Å². The van der Waals surface area contributed by atoms with Crippen LogP contribution in [0.3, 0.4) is 0 Å². The third-order valence-electron chi connectivity index (χ3n) is 7.93. The molecule has 1 unspecified atom stereocenters. The number of benzene rings is 3. The molecule has 3 aliphatic rings. The number of rotatable bonds is 9. The van der Waals surface area contributed by atoms with Crippen LogP contribution in [0.25, 0.3) is 5.57 Å². The van der Waals surface area contributed by atoms with E-state index in [4.69, 9.17) is 0 Å². The average Bonchev–Trinajstić information content (AvgIpc) is 3.31. The van der Waals surface area contributed by atoms with Crippen molar-refractivity contribution in [3.8, 4) is 0 Å². The standard InChI is InChI=1S/C34H40N4S/c1-4-20-36(22-12-21-35(2)3)32-24-27(25-33-37-23-11-14-26-13-10-19-31(39-33)34(26)37)29-17-8-9-18-30(29)38(32)28-15-6-5-7-16-28/h5-10,13,15-19,24-25,33H,4,11-12,14,20-23H2,1-3H3/b27-25+. The van der Waals surface area contributed by atoms with E-state index >= 15 is 0 Å². The normalized spacial score (nSPS) is 18.8. The summed E-state index contributed by atoms with van der Waals surface area (Å²) in [7, 11) is 4.33. The first-order valence-electron chi connectivity index (χ1n) is 14.5. The van der Waals surface area contributed by atoms with Gasteiger partial charge in [0.2, 0.25) is 0 Å². The predicted molar refractivity (Wildman–Crippen MR) is 168 cm³/mol. The molecule has 3 aromatic carbocycles. The van der Waals surface area contributed by atoms with Crippen LogP contribution in [0.4, 0.5) is 17.1 Å². The van der Waals surface area contributed by atoms with E-state index in [2.05, 4.69) is 126 Å². The lowest BCUT2D eigenvalue weighted by molar-refractivity contribution is 0.304. The van der Waals surface area contributed by atoms with E-state index in [1.807, 2.05) is 11.8 Å². The van der Waals surface area contributed by atoms with Crippen molar-refractivity contribution in [2.24, 2.45) is 0 Å². The predicted octanol–water partition coefficient (Wildman–Crippen LogP) is 7.61. The topological polar surface area (TPSA) is 13.0 Å². The number of allylic oxidation sites excluding steroid dienone is 2. The van der Waals surface area contributed by atoms with E-state index < -0.39 is 0 Å². The summed E-state index contributed by atoms with van der Waals surface area (Å²) in [5.74, 6) is 1.28. The molecule has 0 N–H and O–H groups in total. The van der Waals surface area contributed by atoms with Crippen LogP contribution in [0.2, 0.25) is 0 Å². The zero-order valence-electron chi connectivity index (χ0n) is 23.5. The lowest BCUT2D eigenvalue weighted by Gasteiger charge is -2.40. The van der Waals surface area contributed by atoms with Crippen LogP contribution < -0.4 is 9.80 Å². The molecule has 3 aliphatic heterocycles. The van der Waals surface area contributed by atoms with Gasteiger partial charge in [-0.05, 0) is 93.9 Å². The Morgan fingerprint density at radius 3 is 2.56 bits per heavy atom. The van der Waals surface area contributed by atoms with Crippen molar-refractivity contribution in [3.05, 3.63) is 102 Å². The highest BCUT2D eigenvalue weighted by Crippen LogP contribution is 2.50. The molecule has 0 aliphatic carbocycles. The van der Waals surface area contributed by atoms with Crippen LogP contribution in [0.15, 0.2) is 95.7 Å². The van der Waals surface area contributed by atoms with Gasteiger partial charge in [-0.1, -0.05) is 67.2 Å². The molecule has 0 spiro atoms. The summed E-state index contributed by atoms with van der Waals surface area (Å²) >= 11 is 2.01. The molecule has 6 rings (SSSR count). The number of hydrogen-bond donors (Lipinski definition) is 0. The molecular formula is C34H40N4S. The zero-order valence-corrected chi connectivity index (χ0v) is 24.3. The molecule has 0 amide bonds. The maximum Gasteiger partial charge on any atom is 0.114 e. The molecule has 0 aromatic heterocycles. The first-order chi connectivity index (χ1) is 19.1. The SMILES string of the molecule is CCCN(CCCN(C)C)C1=C/C(=C\C2Sc3cccc4c3N2CCC4)c2ccccc2N1c1ccccc1. The van der Waals surface area contributed by atoms with E-state index in [-0.39, 0.29) is 0 Å². The molecule has 0 bridgehead atoms. The fraction of sp³-hybridized carbons (Fsp3) is 0.353. The van der Waals surface area contributed by atoms with Gasteiger partial charge >= 0.3 is 0 Å². The Morgan fingerprint density at radius 1 is 0.923 bits per heavy atom. The molecule has 0 saturated heterocycles. The highest BCUT2D eigenvalue weighted by molar-refractivity contribution is 8.00. The quantitative estimate of drug-likeness (QED) is 0.278. The van der Waals surface area contributed by atoms with E-state index in [9.17, 15) is 0 Å². The highest BCUT2D eigenvalue weighted by atomic mass is 32.2. The number of fused-ring (bicyclic) bond motifs is 1. The van der Waals surface area contributed by atoms with Crippen LogP contribution in [0.5, 0.6) is 0 Å². The van der Waals surface area contributed by atoms with Gasteiger partial charge in [0.1, 0.15) is 5.82 Å². The van der Waals surface area contributed by atoms with E-state index in [1.54, 1.807) is 0 Å². The second-order valence-electron chi connectivity index (χ2n) is 11.0. The van der Waals surface area contributed by atoms with Crippen molar-refractivity contribution >= 4 is 34.4 Å². The Morgan fingerprint density at radius 2 is 1.74 bits per heavy atom. The summed E-state index contributed by atoms with van der Waals surface area (Å²) in [4.78, 5) is 11.5. The minimum atomic E-state index is 0.318. The summed E-state index contributed by atoms with van der Waals surface area (Å²) in [6, 6.07) is 26.7. The Hall–Kier alpha value is -3.15. The number of para-hydroxylation sites is 3. The molecule has 3 aromatic rings. The third-order valence-corrected chi connectivity index (χ3v) is 9.14. The smallest absolute Gasteiger partial charge is 0.114 e. The number of nitrogens with zero attached hydrogens (tertiary/aromatic N) is 4. The number of anilines is 3. The highest BCUT2D eigenvalue weighted by Gasteiger charge is 2.34. The average molecular weight is 537 g/mol. The van der Waals surface area contributed by atoms with Crippen LogP contribution in [0, 0.1) is 0 Å². The largest absolute Gasteiger partial charge is 0.358 e. The van der Waals surface area contributed by atoms with Crippen LogP contribution in [-0.2, 0) is 6.42 Å². The lowest BCUT2D eigenvalue weighted by atomic mass is 9.96. The zero-order chi connectivity index (χ0) is 26.8. The summed E-state index contributed by atoms with van der Waals surface area (Å²) in [6.07, 6.45) is 9.68. The first kappa shape index (κ1) is 26.1. The van der Waals surface area contributed by atoms with Crippen molar-refractivity contribution in [2.45, 2.75) is 42.9 Å². The molecule has 202 valence electrons. The van der Waals surface area contributed by atoms with Crippen molar-refractivity contribution in [3.63, 3.8) is 0 Å². The van der Waals surface area contributed by atoms with Gasteiger partial charge in [0.25, 0.3) is 0 Å². The summed E-state index contributed by atoms with van der Waals surface area (Å²) in [5, 5.41) is 0.318. The molecule has 0 saturated carbocycles. The van der Waals surface area contributed by atoms with Crippen molar-refractivity contribution < 1.29 is 0 Å². The van der Waals surface area contributed by atoms with Gasteiger partial charge in [-0.15, -0.1) is 0 Å². The molecular weight excluding hydrogens is 496 g/mol. The van der Waals surface area contributed by atoms with Crippen LogP contribution in [-0.4, -0.2) is 55.4 Å². The number of thioether (sulfide) groups is 1. The monoisotopic (exact) mass is 536 g/mol. The van der Waals surface area contributed by atoms with E-state index in [0.717, 1.165) is 39.0 Å². The van der Waals surface area contributed by atoms with Gasteiger partial charge < -0.3 is 14.7 Å². The molecule has 1 atom stereocenters. The third kappa shape index (κ3) is 5.22. The maximum absolute atomic E-state index is 2.65. The van der Waals surface area contributed by atoms with Crippen molar-refractivity contribution in [1.82, 2.24) is 9.80 Å². The molecule has 4 nitrogen and oxygen atoms in total. The summed E-state index contributed by atoms with van der Waals surface area (Å²) < 4.78 is 0. The van der Waals surface area contributed by atoms with E-state index in [1.165, 1.54) is 57.3 Å². The van der Waals surface area contributed by atoms with Gasteiger partial charge in [-0.2, -0.15) is 0 Å². The fourth-order valence-corrected chi connectivity index (χ4v) is 7.52. The van der Waals surface area contributed by atoms with E-state index in [0.29, 0.717) is 5.37 Å². The summed E-state index contributed by atoms with van der Waals surface area (Å²) in [6.45, 7) is 6.59. The second-order valence-corrected chi connectivity index (χ2v) is 12.2. The molecule has 0 radical (unpaired) electrons. The van der Waals surface area contributed by atoms with Gasteiger partial charge in [-0.3, -0.25) is 4.90 Å². The second kappa shape index (κ2) is 11.5. The number of hydrogen-bond acceptors (Lipinski definition) is 5. The van der Waals surface area contributed by atoms with Crippen LogP contribution >= 0.6 is 11.8 Å². The van der Waals surface area contributed by atoms with Crippen LogP contribution in [0.1, 0.15) is 37.3 Å². The Labute approximate surface area is 238 Å². The van der Waals surface area contributed by atoms with Crippen molar-refractivity contribution in [2.75, 3.05) is 50.1 Å². The van der Waals surface area contributed by atoms with Gasteiger partial charge in [0.05, 0.1) is 16.7 Å². The molecule has 5 heteroatoms. The summed E-state index contributed by atoms with van der Waals surface area (Å²) in [5.41, 5.74) is 8.11. The molecule has 0 fully saturated rings. The minimum Gasteiger partial charge on any atom is -0.358 e. The van der Waals surface area contributed by atoms with Gasteiger partial charge in [0.15, 0.2) is 0 Å².